The van der Waals surface area contributed by atoms with E-state index in [1.807, 2.05) is 6.07 Å². The van der Waals surface area contributed by atoms with Crippen LogP contribution in [-0.4, -0.2) is 12.0 Å². The molecule has 0 amide bonds. The molecule has 0 heterocycles. The average molecular weight is 493 g/mol. The van der Waals surface area contributed by atoms with Crippen molar-refractivity contribution < 1.29 is 36.2 Å². The maximum atomic E-state index is 14.5. The number of alkyl halides is 3. The van der Waals surface area contributed by atoms with Gasteiger partial charge in [-0.2, -0.15) is 13.2 Å². The second-order valence-corrected chi connectivity index (χ2v) is 8.24. The zero-order valence-electron chi connectivity index (χ0n) is 19.2. The lowest BCUT2D eigenvalue weighted by Gasteiger charge is -2.25. The highest BCUT2D eigenvalue weighted by atomic mass is 19.4. The molecule has 35 heavy (non-hydrogen) atoms. The van der Waals surface area contributed by atoms with Gasteiger partial charge in [0.25, 0.3) is 0 Å². The van der Waals surface area contributed by atoms with Crippen LogP contribution in [0, 0.1) is 17.6 Å². The van der Waals surface area contributed by atoms with Crippen LogP contribution in [0.5, 0.6) is 11.5 Å². The number of ether oxygens (including phenoxy) is 2. The molecule has 0 aliphatic heterocycles. The summed E-state index contributed by atoms with van der Waals surface area (Å²) < 4.78 is 78.3. The number of esters is 1. The first-order valence-corrected chi connectivity index (χ1v) is 10.8. The first-order valence-electron chi connectivity index (χ1n) is 10.8. The van der Waals surface area contributed by atoms with Crippen molar-refractivity contribution in [1.82, 2.24) is 0 Å². The van der Waals surface area contributed by atoms with Gasteiger partial charge in [-0.1, -0.05) is 32.0 Å². The fourth-order valence-corrected chi connectivity index (χ4v) is 3.31. The monoisotopic (exact) mass is 493 g/mol. The van der Waals surface area contributed by atoms with E-state index in [1.165, 1.54) is 25.1 Å². The van der Waals surface area contributed by atoms with Gasteiger partial charge in [0.1, 0.15) is 35.3 Å². The quantitative estimate of drug-likeness (QED) is 0.261. The Morgan fingerprint density at radius 3 is 2.14 bits per heavy atom. The Hall–Kier alpha value is -3.62. The van der Waals surface area contributed by atoms with Crippen LogP contribution >= 0.6 is 0 Å². The van der Waals surface area contributed by atoms with Gasteiger partial charge in [-0.15, -0.1) is 0 Å². The van der Waals surface area contributed by atoms with Crippen molar-refractivity contribution in [3.63, 3.8) is 0 Å². The van der Waals surface area contributed by atoms with Crippen LogP contribution in [0.1, 0.15) is 38.0 Å². The summed E-state index contributed by atoms with van der Waals surface area (Å²) in [7, 11) is 0. The zero-order valence-corrected chi connectivity index (χ0v) is 19.2. The van der Waals surface area contributed by atoms with E-state index in [0.717, 1.165) is 6.07 Å². The van der Waals surface area contributed by atoms with E-state index in [4.69, 9.17) is 9.47 Å². The molecule has 0 aliphatic carbocycles. The smallest absolute Gasteiger partial charge is 0.416 e. The van der Waals surface area contributed by atoms with Crippen LogP contribution in [0.4, 0.5) is 27.6 Å². The number of hydrogen-bond donors (Lipinski definition) is 1. The third-order valence-corrected chi connectivity index (χ3v) is 5.21. The summed E-state index contributed by atoms with van der Waals surface area (Å²) in [5.74, 6) is -2.15. The minimum Gasteiger partial charge on any atom is -0.457 e. The molecule has 0 aliphatic rings. The second kappa shape index (κ2) is 10.8. The molecule has 2 unspecified atom stereocenters. The molecule has 0 aromatic heterocycles. The summed E-state index contributed by atoms with van der Waals surface area (Å²) in [6.45, 7) is 4.78. The highest BCUT2D eigenvalue weighted by molar-refractivity contribution is 5.80. The molecule has 2 atom stereocenters. The highest BCUT2D eigenvalue weighted by Crippen LogP contribution is 2.32. The van der Waals surface area contributed by atoms with E-state index >= 15 is 0 Å². The second-order valence-electron chi connectivity index (χ2n) is 8.24. The molecule has 0 saturated carbocycles. The van der Waals surface area contributed by atoms with E-state index in [9.17, 15) is 26.7 Å². The van der Waals surface area contributed by atoms with Crippen molar-refractivity contribution >= 4 is 11.7 Å². The summed E-state index contributed by atoms with van der Waals surface area (Å²) in [5.41, 5.74) is -1.37. The Kier molecular flexibility index (Phi) is 7.99. The molecule has 3 rings (SSSR count). The number of carbonyl (C=O) groups excluding carboxylic acids is 1. The molecule has 3 aromatic carbocycles. The van der Waals surface area contributed by atoms with Crippen LogP contribution < -0.4 is 10.1 Å². The molecule has 0 bridgehead atoms. The topological polar surface area (TPSA) is 47.6 Å². The predicted octanol–water partition coefficient (Wildman–Crippen LogP) is 7.52. The minimum atomic E-state index is -4.70. The number of para-hydroxylation sites is 1. The van der Waals surface area contributed by atoms with Gasteiger partial charge in [-0.05, 0) is 61.4 Å². The van der Waals surface area contributed by atoms with Crippen LogP contribution in [0.25, 0.3) is 0 Å². The fraction of sp³-hybridized carbons (Fsp3) is 0.269. The lowest BCUT2D eigenvalue weighted by atomic mass is 10.0. The standard InChI is InChI=1S/C26H24F5NO3/c1-15(2)24(32-23-12-9-17(13-22(23)28)26(29,30)31)25(33)34-16(3)20-14-19(10-11-21(20)27)35-18-7-5-4-6-8-18/h4-16,24,32H,1-3H3. The largest absolute Gasteiger partial charge is 0.457 e. The Bertz CT molecular complexity index is 1170. The van der Waals surface area contributed by atoms with Crippen LogP contribution in [-0.2, 0) is 15.7 Å². The van der Waals surface area contributed by atoms with Gasteiger partial charge < -0.3 is 14.8 Å². The molecular weight excluding hydrogens is 469 g/mol. The number of hydrogen-bond acceptors (Lipinski definition) is 4. The lowest BCUT2D eigenvalue weighted by Crippen LogP contribution is -2.37. The number of halogens is 5. The van der Waals surface area contributed by atoms with Gasteiger partial charge in [0.2, 0.25) is 0 Å². The lowest BCUT2D eigenvalue weighted by molar-refractivity contribution is -0.150. The van der Waals surface area contributed by atoms with E-state index in [0.29, 0.717) is 23.6 Å². The Balaban J connectivity index is 1.75. The number of rotatable bonds is 8. The summed E-state index contributed by atoms with van der Waals surface area (Å²) >= 11 is 0. The number of benzene rings is 3. The van der Waals surface area contributed by atoms with Crippen molar-refractivity contribution in [3.8, 4) is 11.5 Å². The van der Waals surface area contributed by atoms with Gasteiger partial charge >= 0.3 is 12.1 Å². The highest BCUT2D eigenvalue weighted by Gasteiger charge is 2.32. The molecule has 3 aromatic rings. The van der Waals surface area contributed by atoms with Gasteiger partial charge in [0.15, 0.2) is 0 Å². The first kappa shape index (κ1) is 26.0. The maximum absolute atomic E-state index is 14.5. The Morgan fingerprint density at radius 1 is 0.857 bits per heavy atom. The SMILES string of the molecule is CC(OC(=O)C(Nc1ccc(C(F)(F)F)cc1F)C(C)C)c1cc(Oc2ccccc2)ccc1F. The molecule has 1 N–H and O–H groups in total. The predicted molar refractivity (Wildman–Crippen MR) is 121 cm³/mol. The van der Waals surface area contributed by atoms with Crippen molar-refractivity contribution in [2.45, 2.75) is 39.1 Å². The molecular formula is C26H24F5NO3. The molecule has 0 saturated heterocycles. The molecule has 0 fully saturated rings. The maximum Gasteiger partial charge on any atom is 0.416 e. The van der Waals surface area contributed by atoms with E-state index in [-0.39, 0.29) is 11.3 Å². The normalized spacial score (nSPS) is 13.3. The fourth-order valence-electron chi connectivity index (χ4n) is 3.31. The number of nitrogens with one attached hydrogen (secondary N) is 1. The summed E-state index contributed by atoms with van der Waals surface area (Å²) in [5, 5.41) is 2.61. The van der Waals surface area contributed by atoms with E-state index < -0.39 is 47.4 Å². The molecule has 0 spiro atoms. The molecule has 4 nitrogen and oxygen atoms in total. The Morgan fingerprint density at radius 2 is 1.54 bits per heavy atom. The number of carbonyl (C=O) groups is 1. The van der Waals surface area contributed by atoms with Gasteiger partial charge in [-0.3, -0.25) is 0 Å². The van der Waals surface area contributed by atoms with Crippen molar-refractivity contribution in [2.24, 2.45) is 5.92 Å². The molecule has 186 valence electrons. The third kappa shape index (κ3) is 6.71. The third-order valence-electron chi connectivity index (χ3n) is 5.21. The summed E-state index contributed by atoms with van der Waals surface area (Å²) in [6, 6.07) is 13.7. The molecule has 9 heteroatoms. The van der Waals surface area contributed by atoms with E-state index in [1.54, 1.807) is 38.1 Å². The van der Waals surface area contributed by atoms with Crippen molar-refractivity contribution in [3.05, 3.63) is 89.5 Å². The molecule has 0 radical (unpaired) electrons. The number of anilines is 1. The van der Waals surface area contributed by atoms with Crippen LogP contribution in [0.2, 0.25) is 0 Å². The average Bonchev–Trinajstić information content (AvgIpc) is 2.79. The van der Waals surface area contributed by atoms with Gasteiger partial charge in [0, 0.05) is 5.56 Å². The minimum absolute atomic E-state index is 0.0648. The van der Waals surface area contributed by atoms with Gasteiger partial charge in [0.05, 0.1) is 11.3 Å². The van der Waals surface area contributed by atoms with Gasteiger partial charge in [-0.25, -0.2) is 13.6 Å². The summed E-state index contributed by atoms with van der Waals surface area (Å²) in [4.78, 5) is 12.9. The van der Waals surface area contributed by atoms with Crippen molar-refractivity contribution in [2.75, 3.05) is 5.32 Å². The zero-order chi connectivity index (χ0) is 25.8. The Labute approximate surface area is 199 Å². The van der Waals surface area contributed by atoms with Crippen LogP contribution in [0.15, 0.2) is 66.7 Å². The summed E-state index contributed by atoms with van der Waals surface area (Å²) in [6.07, 6.45) is -5.73. The van der Waals surface area contributed by atoms with Crippen LogP contribution in [0.3, 0.4) is 0 Å². The van der Waals surface area contributed by atoms with E-state index in [2.05, 4.69) is 5.32 Å². The van der Waals surface area contributed by atoms with Crippen molar-refractivity contribution in [1.29, 1.82) is 0 Å². The first-order chi connectivity index (χ1) is 16.5.